The van der Waals surface area contributed by atoms with Gasteiger partial charge >= 0.3 is 0 Å². The van der Waals surface area contributed by atoms with Crippen LogP contribution in [0, 0.1) is 0 Å². The lowest BCUT2D eigenvalue weighted by molar-refractivity contribution is 0.324. The van der Waals surface area contributed by atoms with Crippen LogP contribution in [-0.4, -0.2) is 41.3 Å². The molecule has 170 valence electrons. The molecule has 0 N–H and O–H groups in total. The quantitative estimate of drug-likeness (QED) is 0.384. The largest absolute Gasteiger partial charge is 0.493 e. The predicted molar refractivity (Wildman–Crippen MR) is 122 cm³/mol. The van der Waals surface area contributed by atoms with Gasteiger partial charge in [0.1, 0.15) is 0 Å². The molecule has 10 heteroatoms. The highest BCUT2D eigenvalue weighted by molar-refractivity contribution is 6.30. The minimum Gasteiger partial charge on any atom is -0.493 e. The van der Waals surface area contributed by atoms with Crippen molar-refractivity contribution < 1.29 is 18.7 Å². The molecule has 0 aliphatic rings. The topological polar surface area (TPSA) is 102 Å². The molecule has 0 aliphatic carbocycles. The molecule has 2 aromatic heterocycles. The molecule has 0 saturated carbocycles. The number of hydrogen-bond donors (Lipinski definition) is 0. The van der Waals surface area contributed by atoms with E-state index in [1.165, 1.54) is 32.1 Å². The molecule has 0 radical (unpaired) electrons. The molecule has 4 rings (SSSR count). The molecule has 0 aliphatic heterocycles. The van der Waals surface area contributed by atoms with Gasteiger partial charge < -0.3 is 18.7 Å². The lowest BCUT2D eigenvalue weighted by atomic mass is 10.1. The van der Waals surface area contributed by atoms with Gasteiger partial charge in [-0.2, -0.15) is 10.1 Å². The molecule has 0 amide bonds. The number of methoxy groups -OCH3 is 3. The molecular formula is C23H21ClN4O5. The average molecular weight is 469 g/mol. The predicted octanol–water partition coefficient (Wildman–Crippen LogP) is 3.88. The molecule has 0 spiro atoms. The fourth-order valence-electron chi connectivity index (χ4n) is 3.30. The lowest BCUT2D eigenvalue weighted by Crippen LogP contribution is -2.23. The number of hydrogen-bond acceptors (Lipinski definition) is 8. The van der Waals surface area contributed by atoms with E-state index >= 15 is 0 Å². The Morgan fingerprint density at radius 1 is 0.970 bits per heavy atom. The van der Waals surface area contributed by atoms with E-state index in [9.17, 15) is 4.79 Å². The monoisotopic (exact) mass is 468 g/mol. The van der Waals surface area contributed by atoms with Crippen LogP contribution < -0.4 is 19.8 Å². The molecule has 2 heterocycles. The lowest BCUT2D eigenvalue weighted by Gasteiger charge is -2.12. The van der Waals surface area contributed by atoms with Crippen LogP contribution in [0.4, 0.5) is 0 Å². The van der Waals surface area contributed by atoms with E-state index in [0.717, 1.165) is 5.56 Å². The van der Waals surface area contributed by atoms with Crippen molar-refractivity contribution in [3.05, 3.63) is 69.8 Å². The van der Waals surface area contributed by atoms with Crippen molar-refractivity contribution in [3.63, 3.8) is 0 Å². The van der Waals surface area contributed by atoms with Crippen LogP contribution in [0.15, 0.2) is 57.8 Å². The van der Waals surface area contributed by atoms with Crippen molar-refractivity contribution in [2.45, 2.75) is 13.0 Å². The fourth-order valence-corrected chi connectivity index (χ4v) is 3.49. The van der Waals surface area contributed by atoms with Crippen molar-refractivity contribution in [2.75, 3.05) is 21.3 Å². The number of aryl methyl sites for hydroxylation is 2. The zero-order chi connectivity index (χ0) is 23.4. The zero-order valence-corrected chi connectivity index (χ0v) is 19.0. The maximum absolute atomic E-state index is 12.3. The fraction of sp³-hybridized carbons (Fsp3) is 0.217. The first-order valence-electron chi connectivity index (χ1n) is 9.99. The Hall–Kier alpha value is -3.85. The van der Waals surface area contributed by atoms with E-state index in [0.29, 0.717) is 51.7 Å². The Balaban J connectivity index is 1.55. The van der Waals surface area contributed by atoms with Gasteiger partial charge in [-0.05, 0) is 30.3 Å². The third-order valence-electron chi connectivity index (χ3n) is 4.92. The van der Waals surface area contributed by atoms with Gasteiger partial charge in [-0.3, -0.25) is 4.79 Å². The third-order valence-corrected chi connectivity index (χ3v) is 5.15. The molecule has 0 bridgehead atoms. The van der Waals surface area contributed by atoms with Gasteiger partial charge in [0.2, 0.25) is 17.5 Å². The van der Waals surface area contributed by atoms with Crippen LogP contribution >= 0.6 is 11.6 Å². The number of nitrogens with zero attached hydrogens (tertiary/aromatic N) is 4. The second kappa shape index (κ2) is 9.74. The number of rotatable bonds is 8. The summed E-state index contributed by atoms with van der Waals surface area (Å²) >= 11 is 6.07. The highest BCUT2D eigenvalue weighted by Crippen LogP contribution is 2.40. The van der Waals surface area contributed by atoms with Crippen molar-refractivity contribution in [1.29, 1.82) is 0 Å². The molecule has 0 unspecified atom stereocenters. The molecule has 2 aromatic carbocycles. The van der Waals surface area contributed by atoms with Gasteiger partial charge in [0.25, 0.3) is 5.56 Å². The Bertz CT molecular complexity index is 1310. The summed E-state index contributed by atoms with van der Waals surface area (Å²) in [5.74, 6) is 2.15. The van der Waals surface area contributed by atoms with Crippen LogP contribution in [0.5, 0.6) is 17.2 Å². The summed E-state index contributed by atoms with van der Waals surface area (Å²) in [5, 5.41) is 9.07. The molecular weight excluding hydrogens is 448 g/mol. The number of aromatic nitrogens is 4. The van der Waals surface area contributed by atoms with Gasteiger partial charge in [-0.25, -0.2) is 4.68 Å². The van der Waals surface area contributed by atoms with E-state index < -0.39 is 0 Å². The molecule has 4 aromatic rings. The zero-order valence-electron chi connectivity index (χ0n) is 18.2. The SMILES string of the molecule is COc1cc(-c2noc(CCn3nc(-c4cccc(Cl)c4)ccc3=O)n2)cc(OC)c1OC. The van der Waals surface area contributed by atoms with Crippen LogP contribution in [0.3, 0.4) is 0 Å². The summed E-state index contributed by atoms with van der Waals surface area (Å²) in [5.41, 5.74) is 1.86. The Labute approximate surface area is 194 Å². The second-order valence-electron chi connectivity index (χ2n) is 6.97. The summed E-state index contributed by atoms with van der Waals surface area (Å²) in [6.07, 6.45) is 0.323. The van der Waals surface area contributed by atoms with E-state index in [1.54, 1.807) is 30.3 Å². The van der Waals surface area contributed by atoms with E-state index in [2.05, 4.69) is 15.2 Å². The van der Waals surface area contributed by atoms with E-state index in [1.807, 2.05) is 12.1 Å². The van der Waals surface area contributed by atoms with Crippen molar-refractivity contribution in [2.24, 2.45) is 0 Å². The van der Waals surface area contributed by atoms with Gasteiger partial charge in [0.05, 0.1) is 33.6 Å². The third kappa shape index (κ3) is 4.83. The summed E-state index contributed by atoms with van der Waals surface area (Å²) in [6, 6.07) is 13.9. The van der Waals surface area contributed by atoms with E-state index in [4.69, 9.17) is 30.3 Å². The van der Waals surface area contributed by atoms with Gasteiger partial charge in [0.15, 0.2) is 11.5 Å². The standard InChI is InChI=1S/C23H21ClN4O5/c1-30-18-12-15(13-19(31-2)22(18)32-3)23-25-20(33-27-23)9-10-28-21(29)8-7-17(26-28)14-5-4-6-16(24)11-14/h4-8,11-13H,9-10H2,1-3H3. The maximum Gasteiger partial charge on any atom is 0.266 e. The first-order chi connectivity index (χ1) is 16.0. The van der Waals surface area contributed by atoms with Gasteiger partial charge in [-0.15, -0.1) is 0 Å². The summed E-state index contributed by atoms with van der Waals surface area (Å²) in [4.78, 5) is 16.7. The minimum atomic E-state index is -0.231. The van der Waals surface area contributed by atoms with Crippen LogP contribution in [-0.2, 0) is 13.0 Å². The van der Waals surface area contributed by atoms with Gasteiger partial charge in [-0.1, -0.05) is 28.9 Å². The average Bonchev–Trinajstić information content (AvgIpc) is 3.31. The molecule has 0 fully saturated rings. The van der Waals surface area contributed by atoms with Crippen molar-refractivity contribution in [3.8, 4) is 39.9 Å². The van der Waals surface area contributed by atoms with Gasteiger partial charge in [0, 0.05) is 28.6 Å². The minimum absolute atomic E-state index is 0.231. The van der Waals surface area contributed by atoms with Crippen molar-refractivity contribution in [1.82, 2.24) is 19.9 Å². The molecule has 0 atom stereocenters. The first kappa shape index (κ1) is 22.3. The highest BCUT2D eigenvalue weighted by Gasteiger charge is 2.17. The first-order valence-corrected chi connectivity index (χ1v) is 10.4. The van der Waals surface area contributed by atoms with Crippen LogP contribution in [0.25, 0.3) is 22.6 Å². The Morgan fingerprint density at radius 3 is 2.39 bits per heavy atom. The maximum atomic E-state index is 12.3. The molecule has 33 heavy (non-hydrogen) atoms. The summed E-state index contributed by atoms with van der Waals surface area (Å²) in [7, 11) is 4.60. The smallest absolute Gasteiger partial charge is 0.266 e. The van der Waals surface area contributed by atoms with Crippen LogP contribution in [0.2, 0.25) is 5.02 Å². The normalized spacial score (nSPS) is 10.8. The number of halogens is 1. The Morgan fingerprint density at radius 2 is 1.73 bits per heavy atom. The van der Waals surface area contributed by atoms with Crippen molar-refractivity contribution >= 4 is 11.6 Å². The summed E-state index contributed by atoms with van der Waals surface area (Å²) in [6.45, 7) is 0.268. The van der Waals surface area contributed by atoms with Crippen LogP contribution in [0.1, 0.15) is 5.89 Å². The summed E-state index contributed by atoms with van der Waals surface area (Å²) < 4.78 is 22.8. The highest BCUT2D eigenvalue weighted by atomic mass is 35.5. The van der Waals surface area contributed by atoms with E-state index in [-0.39, 0.29) is 12.1 Å². The molecule has 0 saturated heterocycles. The number of benzene rings is 2. The molecule has 9 nitrogen and oxygen atoms in total. The second-order valence-corrected chi connectivity index (χ2v) is 7.40. The number of ether oxygens (including phenoxy) is 3. The Kier molecular flexibility index (Phi) is 6.60.